The zero-order chi connectivity index (χ0) is 23.3. The van der Waals surface area contributed by atoms with Crippen LogP contribution in [0.2, 0.25) is 0 Å². The molecule has 2 N–H and O–H groups in total. The second-order valence-electron chi connectivity index (χ2n) is 9.10. The largest absolute Gasteiger partial charge is 0.483 e. The van der Waals surface area contributed by atoms with E-state index in [0.29, 0.717) is 24.3 Å². The number of nitrogens with one attached hydrogen (secondary N) is 1. The molecule has 32 heavy (non-hydrogen) atoms. The maximum atomic E-state index is 12.9. The molecule has 4 rings (SSSR count). The van der Waals surface area contributed by atoms with Gasteiger partial charge < -0.3 is 19.9 Å². The van der Waals surface area contributed by atoms with Crippen LogP contribution in [-0.2, 0) is 22.7 Å². The Kier molecular flexibility index (Phi) is 7.80. The molecule has 2 atom stereocenters. The van der Waals surface area contributed by atoms with E-state index in [0.717, 1.165) is 48.7 Å². The molecule has 0 spiro atoms. The van der Waals surface area contributed by atoms with Gasteiger partial charge in [-0.25, -0.2) is 0 Å². The third kappa shape index (κ3) is 5.82. The van der Waals surface area contributed by atoms with Crippen LogP contribution in [0.3, 0.4) is 0 Å². The Morgan fingerprint density at radius 1 is 1.28 bits per heavy atom. The van der Waals surface area contributed by atoms with E-state index in [2.05, 4.69) is 35.1 Å². The van der Waals surface area contributed by atoms with E-state index in [1.54, 1.807) is 12.3 Å². The fourth-order valence-corrected chi connectivity index (χ4v) is 4.80. The molecule has 2 aromatic rings. The lowest BCUT2D eigenvalue weighted by atomic mass is 9.82. The number of carbonyl (C=O) groups is 2. The van der Waals surface area contributed by atoms with Crippen LogP contribution in [0.4, 0.5) is 0 Å². The number of amides is 1. The molecule has 8 heteroatoms. The molecule has 8 nitrogen and oxygen atoms in total. The molecular weight excluding hydrogens is 408 g/mol. The fraction of sp³-hybridized carbons (Fsp3) is 0.500. The molecule has 0 radical (unpaired) electrons. The smallest absolute Gasteiger partial charge is 0.290 e. The molecule has 2 aliphatic rings. The van der Waals surface area contributed by atoms with Crippen LogP contribution in [-0.4, -0.2) is 51.6 Å². The number of rotatable bonds is 5. The number of piperidine rings is 1. The third-order valence-corrected chi connectivity index (χ3v) is 5.92. The van der Waals surface area contributed by atoms with Crippen molar-refractivity contribution in [3.63, 3.8) is 0 Å². The van der Waals surface area contributed by atoms with E-state index in [1.807, 2.05) is 16.7 Å². The maximum absolute atomic E-state index is 12.9. The lowest BCUT2D eigenvalue weighted by molar-refractivity contribution is -0.123. The molecule has 0 aliphatic carbocycles. The average Bonchev–Trinajstić information content (AvgIpc) is 2.73. The Labute approximate surface area is 188 Å². The summed E-state index contributed by atoms with van der Waals surface area (Å²) in [6.07, 6.45) is 2.93. The number of aromatic nitrogens is 2. The van der Waals surface area contributed by atoms with Gasteiger partial charge in [0.2, 0.25) is 5.91 Å². The monoisotopic (exact) mass is 440 g/mol. The van der Waals surface area contributed by atoms with Crippen LogP contribution in [0.15, 0.2) is 35.3 Å². The molecule has 0 unspecified atom stereocenters. The summed E-state index contributed by atoms with van der Waals surface area (Å²) in [6.45, 7) is 10.3. The summed E-state index contributed by atoms with van der Waals surface area (Å²) in [6, 6.07) is 7.76. The van der Waals surface area contributed by atoms with Crippen molar-refractivity contribution in [1.82, 2.24) is 19.8 Å². The van der Waals surface area contributed by atoms with Gasteiger partial charge in [-0.3, -0.25) is 19.4 Å². The van der Waals surface area contributed by atoms with Crippen molar-refractivity contribution < 1.29 is 14.7 Å². The highest BCUT2D eigenvalue weighted by atomic mass is 16.3. The van der Waals surface area contributed by atoms with Gasteiger partial charge in [0.15, 0.2) is 0 Å². The molecule has 2 aliphatic heterocycles. The van der Waals surface area contributed by atoms with Crippen LogP contribution in [0, 0.1) is 11.8 Å². The average molecular weight is 441 g/mol. The van der Waals surface area contributed by atoms with Crippen LogP contribution in [0.5, 0.6) is 0 Å². The predicted octanol–water partition coefficient (Wildman–Crippen LogP) is 2.32. The zero-order valence-electron chi connectivity index (χ0n) is 19.0. The quantitative estimate of drug-likeness (QED) is 0.692. The van der Waals surface area contributed by atoms with E-state index >= 15 is 0 Å². The molecule has 1 amide bonds. The van der Waals surface area contributed by atoms with Gasteiger partial charge in [-0.1, -0.05) is 19.9 Å². The molecule has 0 aromatic carbocycles. The number of fused-ring (bicyclic) bond motifs is 4. The molecule has 0 saturated carbocycles. The molecule has 2 bridgehead atoms. The van der Waals surface area contributed by atoms with Gasteiger partial charge in [-0.05, 0) is 36.0 Å². The lowest BCUT2D eigenvalue weighted by Gasteiger charge is -2.43. The standard InChI is InChI=1S/C23H30N4O2.CH2O2/c1-15(2)11-26-12-18-6-20(14-26)22-7-19(8-23(29)27(22)13-18)21-5-4-17(10-25-21)9-24-16(3)28;2-1-3/h4-5,7-8,10,15,18,20H,6,9,11-14H2,1-3H3,(H,24,28);1H,(H,2,3)/t18-,20+;/m0./s1. The summed E-state index contributed by atoms with van der Waals surface area (Å²) in [5.41, 5.74) is 3.86. The van der Waals surface area contributed by atoms with Gasteiger partial charge in [0.25, 0.3) is 12.0 Å². The molecule has 1 saturated heterocycles. The van der Waals surface area contributed by atoms with E-state index in [1.165, 1.54) is 13.3 Å². The lowest BCUT2D eigenvalue weighted by Crippen LogP contribution is -2.48. The van der Waals surface area contributed by atoms with Crippen molar-refractivity contribution in [3.05, 3.63) is 52.1 Å². The first kappa shape index (κ1) is 23.7. The highest BCUT2D eigenvalue weighted by Gasteiger charge is 2.35. The van der Waals surface area contributed by atoms with Gasteiger partial charge in [0.1, 0.15) is 0 Å². The summed E-state index contributed by atoms with van der Waals surface area (Å²) >= 11 is 0. The van der Waals surface area contributed by atoms with Crippen molar-refractivity contribution in [2.45, 2.75) is 46.2 Å². The fourth-order valence-electron chi connectivity index (χ4n) is 4.80. The highest BCUT2D eigenvalue weighted by Crippen LogP contribution is 2.36. The summed E-state index contributed by atoms with van der Waals surface area (Å²) in [4.78, 5) is 39.4. The van der Waals surface area contributed by atoms with Gasteiger partial charge >= 0.3 is 0 Å². The minimum absolute atomic E-state index is 0.0610. The van der Waals surface area contributed by atoms with Crippen molar-refractivity contribution in [1.29, 1.82) is 0 Å². The Balaban J connectivity index is 0.000000913. The Morgan fingerprint density at radius 3 is 2.66 bits per heavy atom. The molecular formula is C24H32N4O4. The summed E-state index contributed by atoms with van der Waals surface area (Å²) in [7, 11) is 0. The summed E-state index contributed by atoms with van der Waals surface area (Å²) < 4.78 is 1.99. The summed E-state index contributed by atoms with van der Waals surface area (Å²) in [5.74, 6) is 1.57. The normalized spacial score (nSPS) is 19.5. The second kappa shape index (κ2) is 10.5. The highest BCUT2D eigenvalue weighted by molar-refractivity contribution is 5.72. The van der Waals surface area contributed by atoms with Crippen molar-refractivity contribution in [3.8, 4) is 11.3 Å². The predicted molar refractivity (Wildman–Crippen MR) is 122 cm³/mol. The van der Waals surface area contributed by atoms with Crippen LogP contribution >= 0.6 is 0 Å². The van der Waals surface area contributed by atoms with Gasteiger partial charge in [-0.2, -0.15) is 0 Å². The first-order valence-electron chi connectivity index (χ1n) is 11.1. The van der Waals surface area contributed by atoms with Gasteiger partial charge in [0.05, 0.1) is 5.69 Å². The Bertz CT molecular complexity index is 1000. The number of nitrogens with zero attached hydrogens (tertiary/aromatic N) is 3. The zero-order valence-corrected chi connectivity index (χ0v) is 19.0. The number of hydrogen-bond acceptors (Lipinski definition) is 5. The Morgan fingerprint density at radius 2 is 2.03 bits per heavy atom. The molecule has 2 aromatic heterocycles. The summed E-state index contributed by atoms with van der Waals surface area (Å²) in [5, 5.41) is 9.66. The van der Waals surface area contributed by atoms with E-state index < -0.39 is 0 Å². The number of likely N-dealkylation sites (tertiary alicyclic amines) is 1. The maximum Gasteiger partial charge on any atom is 0.290 e. The minimum Gasteiger partial charge on any atom is -0.483 e. The number of carboxylic acid groups (broad SMARTS) is 1. The molecule has 1 fully saturated rings. The first-order valence-corrected chi connectivity index (χ1v) is 11.1. The number of pyridine rings is 2. The van der Waals surface area contributed by atoms with Gasteiger partial charge in [-0.15, -0.1) is 0 Å². The van der Waals surface area contributed by atoms with Crippen molar-refractivity contribution in [2.24, 2.45) is 11.8 Å². The molecule has 4 heterocycles. The van der Waals surface area contributed by atoms with Crippen LogP contribution < -0.4 is 10.9 Å². The van der Waals surface area contributed by atoms with Crippen LogP contribution in [0.25, 0.3) is 11.3 Å². The number of hydrogen-bond donors (Lipinski definition) is 2. The van der Waals surface area contributed by atoms with Crippen LogP contribution in [0.1, 0.15) is 44.4 Å². The van der Waals surface area contributed by atoms with Gasteiger partial charge in [0, 0.05) is 69.1 Å². The number of carbonyl (C=O) groups excluding carboxylic acids is 1. The molecule has 172 valence electrons. The third-order valence-electron chi connectivity index (χ3n) is 5.92. The van der Waals surface area contributed by atoms with Crippen molar-refractivity contribution >= 4 is 12.4 Å². The minimum atomic E-state index is -0.250. The van der Waals surface area contributed by atoms with Crippen molar-refractivity contribution in [2.75, 3.05) is 19.6 Å². The Hall–Kier alpha value is -3.00. The first-order chi connectivity index (χ1) is 15.3. The topological polar surface area (TPSA) is 105 Å². The second-order valence-corrected chi connectivity index (χ2v) is 9.10. The van der Waals surface area contributed by atoms with E-state index in [9.17, 15) is 9.59 Å². The SMILES string of the molecule is CC(=O)NCc1ccc(-c2cc3n(c(=O)c2)C[C@H]2C[C@@H]3CN(CC(C)C)C2)nc1.O=CO. The van der Waals surface area contributed by atoms with E-state index in [4.69, 9.17) is 9.90 Å². The van der Waals surface area contributed by atoms with E-state index in [-0.39, 0.29) is 17.9 Å².